The van der Waals surface area contributed by atoms with Gasteiger partial charge in [0.2, 0.25) is 5.88 Å². The van der Waals surface area contributed by atoms with Crippen LogP contribution in [0.15, 0.2) is 6.33 Å². The van der Waals surface area contributed by atoms with E-state index in [2.05, 4.69) is 41.1 Å². The van der Waals surface area contributed by atoms with Gasteiger partial charge in [0.1, 0.15) is 12.0 Å². The van der Waals surface area contributed by atoms with Crippen LogP contribution in [0.3, 0.4) is 0 Å². The van der Waals surface area contributed by atoms with Crippen LogP contribution in [0.5, 0.6) is 5.88 Å². The molecule has 1 heterocycles. The van der Waals surface area contributed by atoms with Gasteiger partial charge in [0.25, 0.3) is 0 Å². The summed E-state index contributed by atoms with van der Waals surface area (Å²) in [6.07, 6.45) is 2.47. The zero-order chi connectivity index (χ0) is 13.5. The SMILES string of the molecule is COc1ncnc(NCCCN(C)C(C)C)c1N. The van der Waals surface area contributed by atoms with Crippen LogP contribution in [0, 0.1) is 0 Å². The van der Waals surface area contributed by atoms with E-state index in [4.69, 9.17) is 10.5 Å². The summed E-state index contributed by atoms with van der Waals surface area (Å²) >= 11 is 0. The monoisotopic (exact) mass is 253 g/mol. The van der Waals surface area contributed by atoms with Crippen molar-refractivity contribution in [2.24, 2.45) is 0 Å². The molecule has 0 saturated carbocycles. The quantitative estimate of drug-likeness (QED) is 0.711. The number of anilines is 2. The van der Waals surface area contributed by atoms with Crippen LogP contribution in [0.4, 0.5) is 11.5 Å². The standard InChI is InChI=1S/C12H23N5O/c1-9(2)17(3)7-5-6-14-11-10(13)12(18-4)16-8-15-11/h8-9H,5-7,13H2,1-4H3,(H,14,15,16). The van der Waals surface area contributed by atoms with Crippen LogP contribution < -0.4 is 15.8 Å². The Bertz CT molecular complexity index is 369. The minimum Gasteiger partial charge on any atom is -0.479 e. The lowest BCUT2D eigenvalue weighted by Crippen LogP contribution is -2.28. The summed E-state index contributed by atoms with van der Waals surface area (Å²) in [5.41, 5.74) is 6.32. The van der Waals surface area contributed by atoms with Gasteiger partial charge in [-0.25, -0.2) is 4.98 Å². The molecule has 0 fully saturated rings. The highest BCUT2D eigenvalue weighted by molar-refractivity contribution is 5.66. The Labute approximate surface area is 109 Å². The number of hydrogen-bond acceptors (Lipinski definition) is 6. The molecule has 0 amide bonds. The predicted molar refractivity (Wildman–Crippen MR) is 73.9 cm³/mol. The smallest absolute Gasteiger partial charge is 0.242 e. The topological polar surface area (TPSA) is 76.3 Å². The van der Waals surface area contributed by atoms with Crippen LogP contribution >= 0.6 is 0 Å². The average Bonchev–Trinajstić information content (AvgIpc) is 2.35. The predicted octanol–water partition coefficient (Wildman–Crippen LogP) is 1.21. The molecule has 0 spiro atoms. The number of aromatic nitrogens is 2. The van der Waals surface area contributed by atoms with Crippen molar-refractivity contribution in [1.82, 2.24) is 14.9 Å². The Balaban J connectivity index is 2.40. The second-order valence-electron chi connectivity index (χ2n) is 4.50. The molecule has 102 valence electrons. The molecule has 0 radical (unpaired) electrons. The van der Waals surface area contributed by atoms with Gasteiger partial charge in [-0.05, 0) is 33.9 Å². The number of nitrogens with one attached hydrogen (secondary N) is 1. The Morgan fingerprint density at radius 1 is 1.44 bits per heavy atom. The van der Waals surface area contributed by atoms with Gasteiger partial charge < -0.3 is 20.7 Å². The van der Waals surface area contributed by atoms with Gasteiger partial charge in [0, 0.05) is 12.6 Å². The lowest BCUT2D eigenvalue weighted by Gasteiger charge is -2.20. The molecular formula is C12H23N5O. The first-order valence-corrected chi connectivity index (χ1v) is 6.14. The van der Waals surface area contributed by atoms with Gasteiger partial charge in [-0.3, -0.25) is 0 Å². The number of rotatable bonds is 7. The lowest BCUT2D eigenvalue weighted by atomic mass is 10.3. The van der Waals surface area contributed by atoms with Gasteiger partial charge in [-0.1, -0.05) is 0 Å². The third kappa shape index (κ3) is 4.03. The van der Waals surface area contributed by atoms with Crippen molar-refractivity contribution >= 4 is 11.5 Å². The Hall–Kier alpha value is -1.56. The molecule has 0 atom stereocenters. The number of nitrogens with zero attached hydrogens (tertiary/aromatic N) is 3. The van der Waals surface area contributed by atoms with Crippen molar-refractivity contribution in [1.29, 1.82) is 0 Å². The molecule has 0 aromatic carbocycles. The Morgan fingerprint density at radius 2 is 2.17 bits per heavy atom. The summed E-state index contributed by atoms with van der Waals surface area (Å²) < 4.78 is 5.04. The summed E-state index contributed by atoms with van der Waals surface area (Å²) in [5.74, 6) is 1.04. The maximum atomic E-state index is 5.86. The third-order valence-corrected chi connectivity index (χ3v) is 2.90. The fourth-order valence-corrected chi connectivity index (χ4v) is 1.48. The molecule has 0 aliphatic heterocycles. The average molecular weight is 253 g/mol. The van der Waals surface area contributed by atoms with Crippen molar-refractivity contribution in [2.75, 3.05) is 38.3 Å². The van der Waals surface area contributed by atoms with E-state index in [9.17, 15) is 0 Å². The van der Waals surface area contributed by atoms with Gasteiger partial charge in [-0.2, -0.15) is 4.98 Å². The van der Waals surface area contributed by atoms with Crippen LogP contribution in [0.25, 0.3) is 0 Å². The minimum atomic E-state index is 0.409. The van der Waals surface area contributed by atoms with E-state index < -0.39 is 0 Å². The maximum Gasteiger partial charge on any atom is 0.242 e. The largest absolute Gasteiger partial charge is 0.479 e. The van der Waals surface area contributed by atoms with Gasteiger partial charge >= 0.3 is 0 Å². The lowest BCUT2D eigenvalue weighted by molar-refractivity contribution is 0.273. The molecule has 0 unspecified atom stereocenters. The molecule has 18 heavy (non-hydrogen) atoms. The van der Waals surface area contributed by atoms with Crippen molar-refractivity contribution < 1.29 is 4.74 Å². The van der Waals surface area contributed by atoms with Crippen molar-refractivity contribution in [3.05, 3.63) is 6.33 Å². The van der Waals surface area contributed by atoms with Gasteiger partial charge in [0.15, 0.2) is 5.82 Å². The van der Waals surface area contributed by atoms with Gasteiger partial charge in [0.05, 0.1) is 7.11 Å². The molecule has 1 aromatic heterocycles. The van der Waals surface area contributed by atoms with Crippen molar-refractivity contribution in [3.63, 3.8) is 0 Å². The van der Waals surface area contributed by atoms with Crippen molar-refractivity contribution in [3.8, 4) is 5.88 Å². The normalized spacial score (nSPS) is 11.0. The number of nitrogens with two attached hydrogens (primary N) is 1. The highest BCUT2D eigenvalue weighted by Gasteiger charge is 2.07. The summed E-state index contributed by atoms with van der Waals surface area (Å²) in [4.78, 5) is 10.3. The second kappa shape index (κ2) is 7.00. The Morgan fingerprint density at radius 3 is 2.78 bits per heavy atom. The molecule has 0 aliphatic carbocycles. The van der Waals surface area contributed by atoms with Crippen molar-refractivity contribution in [2.45, 2.75) is 26.3 Å². The maximum absolute atomic E-state index is 5.86. The number of nitrogen functional groups attached to an aromatic ring is 1. The van der Waals surface area contributed by atoms with E-state index in [1.165, 1.54) is 6.33 Å². The zero-order valence-electron chi connectivity index (χ0n) is 11.6. The molecule has 0 aliphatic rings. The number of methoxy groups -OCH3 is 1. The van der Waals surface area contributed by atoms with Gasteiger partial charge in [-0.15, -0.1) is 0 Å². The van der Waals surface area contributed by atoms with E-state index >= 15 is 0 Å². The van der Waals surface area contributed by atoms with Crippen LogP contribution in [-0.4, -0.2) is 48.2 Å². The first-order chi connectivity index (χ1) is 8.56. The minimum absolute atomic E-state index is 0.409. The number of hydrogen-bond donors (Lipinski definition) is 2. The van der Waals surface area contributed by atoms with E-state index in [-0.39, 0.29) is 0 Å². The molecule has 0 saturated heterocycles. The first kappa shape index (κ1) is 14.5. The summed E-state index contributed by atoms with van der Waals surface area (Å²) in [6, 6.07) is 0.564. The summed E-state index contributed by atoms with van der Waals surface area (Å²) in [6.45, 7) is 6.22. The molecular weight excluding hydrogens is 230 g/mol. The highest BCUT2D eigenvalue weighted by Crippen LogP contribution is 2.23. The fourth-order valence-electron chi connectivity index (χ4n) is 1.48. The molecule has 1 aromatic rings. The van der Waals surface area contributed by atoms with Crippen LogP contribution in [0.1, 0.15) is 20.3 Å². The second-order valence-corrected chi connectivity index (χ2v) is 4.50. The summed E-state index contributed by atoms with van der Waals surface area (Å²) in [5, 5.41) is 3.20. The summed E-state index contributed by atoms with van der Waals surface area (Å²) in [7, 11) is 3.66. The number of ether oxygens (including phenoxy) is 1. The fraction of sp³-hybridized carbons (Fsp3) is 0.667. The molecule has 3 N–H and O–H groups in total. The first-order valence-electron chi connectivity index (χ1n) is 6.14. The Kier molecular flexibility index (Phi) is 5.64. The highest BCUT2D eigenvalue weighted by atomic mass is 16.5. The van der Waals surface area contributed by atoms with E-state index in [0.29, 0.717) is 23.4 Å². The third-order valence-electron chi connectivity index (χ3n) is 2.90. The van der Waals surface area contributed by atoms with Crippen LogP contribution in [-0.2, 0) is 0 Å². The zero-order valence-corrected chi connectivity index (χ0v) is 11.6. The molecule has 6 nitrogen and oxygen atoms in total. The molecule has 1 rings (SSSR count). The van der Waals surface area contributed by atoms with E-state index in [0.717, 1.165) is 19.5 Å². The van der Waals surface area contributed by atoms with E-state index in [1.807, 2.05) is 0 Å². The van der Waals surface area contributed by atoms with E-state index in [1.54, 1.807) is 7.11 Å². The molecule has 0 bridgehead atoms. The van der Waals surface area contributed by atoms with Crippen LogP contribution in [0.2, 0.25) is 0 Å². The molecule has 6 heteroatoms.